The van der Waals surface area contributed by atoms with Gasteiger partial charge in [0.1, 0.15) is 5.56 Å². The van der Waals surface area contributed by atoms with E-state index in [1.165, 1.54) is 10.6 Å². The number of rotatable bonds is 2. The SMILES string of the molecule is Cn1cccc(C(=O)N[C@@H]2CCOC[C@H]2O)c1=O. The summed E-state index contributed by atoms with van der Waals surface area (Å²) in [5.74, 6) is -0.456. The van der Waals surface area contributed by atoms with Crippen LogP contribution in [0.4, 0.5) is 0 Å². The number of ether oxygens (including phenoxy) is 1. The van der Waals surface area contributed by atoms with Crippen molar-refractivity contribution in [2.24, 2.45) is 7.05 Å². The van der Waals surface area contributed by atoms with Gasteiger partial charge in [-0.15, -0.1) is 0 Å². The zero-order valence-electron chi connectivity index (χ0n) is 10.1. The zero-order chi connectivity index (χ0) is 13.1. The molecular formula is C12H16N2O4. The molecule has 1 amide bonds. The molecule has 1 aliphatic heterocycles. The standard InChI is InChI=1S/C12H16N2O4/c1-14-5-2-3-8(12(14)17)11(16)13-9-4-6-18-7-10(9)15/h2-3,5,9-10,15H,4,6-7H2,1H3,(H,13,16)/t9-,10-/m1/s1. The topological polar surface area (TPSA) is 80.6 Å². The van der Waals surface area contributed by atoms with E-state index in [4.69, 9.17) is 4.74 Å². The number of nitrogens with one attached hydrogen (secondary N) is 1. The van der Waals surface area contributed by atoms with Gasteiger partial charge in [-0.1, -0.05) is 0 Å². The highest BCUT2D eigenvalue weighted by Crippen LogP contribution is 2.08. The Kier molecular flexibility index (Phi) is 3.78. The van der Waals surface area contributed by atoms with Crippen molar-refractivity contribution in [3.63, 3.8) is 0 Å². The molecule has 6 nitrogen and oxygen atoms in total. The minimum absolute atomic E-state index is 0.0821. The predicted octanol–water partition coefficient (Wildman–Crippen LogP) is -0.735. The number of hydrogen-bond acceptors (Lipinski definition) is 4. The maximum Gasteiger partial charge on any atom is 0.263 e. The summed E-state index contributed by atoms with van der Waals surface area (Å²) in [6, 6.07) is 2.75. The fourth-order valence-corrected chi connectivity index (χ4v) is 1.91. The van der Waals surface area contributed by atoms with E-state index in [0.717, 1.165) is 0 Å². The second kappa shape index (κ2) is 5.32. The molecule has 0 spiro atoms. The number of aliphatic hydroxyl groups is 1. The minimum atomic E-state index is -0.727. The summed E-state index contributed by atoms with van der Waals surface area (Å²) in [6.45, 7) is 0.701. The van der Waals surface area contributed by atoms with E-state index < -0.39 is 12.0 Å². The summed E-state index contributed by atoms with van der Waals surface area (Å²) < 4.78 is 6.42. The normalized spacial score (nSPS) is 23.7. The van der Waals surface area contributed by atoms with Gasteiger partial charge in [0.2, 0.25) is 0 Å². The molecule has 1 saturated heterocycles. The molecule has 0 unspecified atom stereocenters. The number of amides is 1. The Morgan fingerprint density at radius 1 is 1.61 bits per heavy atom. The summed E-state index contributed by atoms with van der Waals surface area (Å²) in [4.78, 5) is 23.7. The van der Waals surface area contributed by atoms with Crippen LogP contribution in [-0.2, 0) is 11.8 Å². The highest BCUT2D eigenvalue weighted by molar-refractivity contribution is 5.94. The first-order chi connectivity index (χ1) is 8.59. The highest BCUT2D eigenvalue weighted by Gasteiger charge is 2.26. The first-order valence-corrected chi connectivity index (χ1v) is 5.82. The number of aryl methyl sites for hydroxylation is 1. The lowest BCUT2D eigenvalue weighted by Crippen LogP contribution is -2.49. The molecule has 2 rings (SSSR count). The molecule has 2 atom stereocenters. The third-order valence-corrected chi connectivity index (χ3v) is 3.01. The number of aromatic nitrogens is 1. The lowest BCUT2D eigenvalue weighted by molar-refractivity contribution is -0.0261. The summed E-state index contributed by atoms with van der Waals surface area (Å²) in [5, 5.41) is 12.3. The third kappa shape index (κ3) is 2.60. The van der Waals surface area contributed by atoms with Crippen molar-refractivity contribution < 1.29 is 14.6 Å². The monoisotopic (exact) mass is 252 g/mol. The van der Waals surface area contributed by atoms with E-state index in [1.54, 1.807) is 19.3 Å². The summed E-state index contributed by atoms with van der Waals surface area (Å²) in [7, 11) is 1.59. The molecule has 0 saturated carbocycles. The average molecular weight is 252 g/mol. The number of hydrogen-bond donors (Lipinski definition) is 2. The fraction of sp³-hybridized carbons (Fsp3) is 0.500. The van der Waals surface area contributed by atoms with E-state index in [9.17, 15) is 14.7 Å². The minimum Gasteiger partial charge on any atom is -0.389 e. The van der Waals surface area contributed by atoms with Crippen molar-refractivity contribution in [1.82, 2.24) is 9.88 Å². The van der Waals surface area contributed by atoms with Crippen molar-refractivity contribution in [2.45, 2.75) is 18.6 Å². The van der Waals surface area contributed by atoms with Crippen molar-refractivity contribution >= 4 is 5.91 Å². The summed E-state index contributed by atoms with van der Waals surface area (Å²) >= 11 is 0. The number of aliphatic hydroxyl groups excluding tert-OH is 1. The molecule has 1 aromatic heterocycles. The lowest BCUT2D eigenvalue weighted by Gasteiger charge is -2.28. The van der Waals surface area contributed by atoms with Gasteiger partial charge in [-0.3, -0.25) is 9.59 Å². The molecule has 0 aromatic carbocycles. The summed E-state index contributed by atoms with van der Waals surface area (Å²) in [5.41, 5.74) is -0.268. The van der Waals surface area contributed by atoms with E-state index in [0.29, 0.717) is 13.0 Å². The van der Waals surface area contributed by atoms with Gasteiger partial charge in [0.15, 0.2) is 0 Å². The van der Waals surface area contributed by atoms with Crippen molar-refractivity contribution in [1.29, 1.82) is 0 Å². The lowest BCUT2D eigenvalue weighted by atomic mass is 10.1. The van der Waals surface area contributed by atoms with Crippen LogP contribution >= 0.6 is 0 Å². The van der Waals surface area contributed by atoms with Crippen LogP contribution < -0.4 is 10.9 Å². The van der Waals surface area contributed by atoms with E-state index in [1.807, 2.05) is 0 Å². The Balaban J connectivity index is 2.12. The summed E-state index contributed by atoms with van der Waals surface area (Å²) in [6.07, 6.45) is 1.40. The van der Waals surface area contributed by atoms with Crippen LogP contribution in [-0.4, -0.2) is 40.9 Å². The molecule has 2 heterocycles. The Labute approximate surface area is 104 Å². The van der Waals surface area contributed by atoms with Crippen LogP contribution in [0.5, 0.6) is 0 Å². The Morgan fingerprint density at radius 3 is 3.11 bits per heavy atom. The molecular weight excluding hydrogens is 236 g/mol. The highest BCUT2D eigenvalue weighted by atomic mass is 16.5. The van der Waals surface area contributed by atoms with Crippen LogP contribution in [0.2, 0.25) is 0 Å². The Bertz CT molecular complexity index is 497. The van der Waals surface area contributed by atoms with Crippen molar-refractivity contribution in [3.05, 3.63) is 34.2 Å². The molecule has 1 fully saturated rings. The van der Waals surface area contributed by atoms with Crippen molar-refractivity contribution in [3.8, 4) is 0 Å². The molecule has 1 aliphatic rings. The second-order valence-corrected chi connectivity index (χ2v) is 4.35. The second-order valence-electron chi connectivity index (χ2n) is 4.35. The maximum absolute atomic E-state index is 12.0. The van der Waals surface area contributed by atoms with Crippen LogP contribution in [0, 0.1) is 0 Å². The molecule has 0 radical (unpaired) electrons. The molecule has 0 aliphatic carbocycles. The van der Waals surface area contributed by atoms with Crippen LogP contribution in [0.25, 0.3) is 0 Å². The smallest absolute Gasteiger partial charge is 0.263 e. The van der Waals surface area contributed by atoms with Gasteiger partial charge < -0.3 is 19.7 Å². The van der Waals surface area contributed by atoms with Crippen LogP contribution in [0.15, 0.2) is 23.1 Å². The largest absolute Gasteiger partial charge is 0.389 e. The Hall–Kier alpha value is -1.66. The van der Waals surface area contributed by atoms with Gasteiger partial charge in [0, 0.05) is 19.9 Å². The van der Waals surface area contributed by atoms with Crippen molar-refractivity contribution in [2.75, 3.05) is 13.2 Å². The number of pyridine rings is 1. The number of carbonyl (C=O) groups excluding carboxylic acids is 1. The molecule has 2 N–H and O–H groups in total. The fourth-order valence-electron chi connectivity index (χ4n) is 1.91. The first kappa shape index (κ1) is 12.8. The molecule has 6 heteroatoms. The average Bonchev–Trinajstić information content (AvgIpc) is 2.35. The Morgan fingerprint density at radius 2 is 2.39 bits per heavy atom. The molecule has 98 valence electrons. The van der Waals surface area contributed by atoms with E-state index in [-0.39, 0.29) is 23.8 Å². The maximum atomic E-state index is 12.0. The van der Waals surface area contributed by atoms with Gasteiger partial charge in [0.25, 0.3) is 11.5 Å². The molecule has 1 aromatic rings. The van der Waals surface area contributed by atoms with Gasteiger partial charge in [-0.25, -0.2) is 0 Å². The van der Waals surface area contributed by atoms with Gasteiger partial charge >= 0.3 is 0 Å². The van der Waals surface area contributed by atoms with Crippen LogP contribution in [0.1, 0.15) is 16.8 Å². The van der Waals surface area contributed by atoms with Gasteiger partial charge in [0.05, 0.1) is 18.8 Å². The first-order valence-electron chi connectivity index (χ1n) is 5.82. The van der Waals surface area contributed by atoms with E-state index in [2.05, 4.69) is 5.32 Å². The zero-order valence-corrected chi connectivity index (χ0v) is 10.1. The number of nitrogens with zero attached hydrogens (tertiary/aromatic N) is 1. The van der Waals surface area contributed by atoms with Gasteiger partial charge in [-0.05, 0) is 18.6 Å². The quantitative estimate of drug-likeness (QED) is 0.727. The predicted molar refractivity (Wildman–Crippen MR) is 64.4 cm³/mol. The molecule has 18 heavy (non-hydrogen) atoms. The van der Waals surface area contributed by atoms with Gasteiger partial charge in [-0.2, -0.15) is 0 Å². The molecule has 0 bridgehead atoms. The van der Waals surface area contributed by atoms with Crippen LogP contribution in [0.3, 0.4) is 0 Å². The number of carbonyl (C=O) groups is 1. The third-order valence-electron chi connectivity index (χ3n) is 3.01. The van der Waals surface area contributed by atoms with E-state index >= 15 is 0 Å².